The van der Waals surface area contributed by atoms with Crippen LogP contribution in [-0.4, -0.2) is 4.98 Å². The number of nitrogens with two attached hydrogens (primary N) is 1. The number of rotatable bonds is 2. The van der Waals surface area contributed by atoms with E-state index in [1.54, 1.807) is 11.3 Å². The van der Waals surface area contributed by atoms with Gasteiger partial charge in [-0.15, -0.1) is 11.3 Å². The van der Waals surface area contributed by atoms with Gasteiger partial charge in [-0.2, -0.15) is 0 Å². The lowest BCUT2D eigenvalue weighted by molar-refractivity contribution is 0.554. The number of furan rings is 1. The van der Waals surface area contributed by atoms with Crippen molar-refractivity contribution in [2.24, 2.45) is 0 Å². The summed E-state index contributed by atoms with van der Waals surface area (Å²) in [5.74, 6) is 0.758. The molecule has 0 atom stereocenters. The van der Waals surface area contributed by atoms with E-state index in [1.807, 2.05) is 41.8 Å². The highest BCUT2D eigenvalue weighted by Gasteiger charge is 2.09. The SMILES string of the molecule is Nc1cccc(-c2nc(-c3ccc(Br)o3)cs2)c1. The smallest absolute Gasteiger partial charge is 0.169 e. The number of hydrogen-bond acceptors (Lipinski definition) is 4. The van der Waals surface area contributed by atoms with Crippen LogP contribution in [0.5, 0.6) is 0 Å². The molecular formula is C13H9BrN2OS. The van der Waals surface area contributed by atoms with E-state index in [0.29, 0.717) is 4.67 Å². The van der Waals surface area contributed by atoms with Gasteiger partial charge in [-0.25, -0.2) is 4.98 Å². The molecule has 3 nitrogen and oxygen atoms in total. The van der Waals surface area contributed by atoms with Crippen LogP contribution in [0.1, 0.15) is 0 Å². The highest BCUT2D eigenvalue weighted by molar-refractivity contribution is 9.10. The number of anilines is 1. The standard InChI is InChI=1S/C13H9BrN2OS/c14-12-5-4-11(17-12)10-7-18-13(16-10)8-2-1-3-9(15)6-8/h1-7H,15H2. The molecular weight excluding hydrogens is 312 g/mol. The number of nitrogen functional groups attached to an aromatic ring is 1. The van der Waals surface area contributed by atoms with Crippen molar-refractivity contribution in [3.8, 4) is 22.0 Å². The Labute approximate surface area is 116 Å². The number of nitrogens with zero attached hydrogens (tertiary/aromatic N) is 1. The maximum atomic E-state index is 5.77. The van der Waals surface area contributed by atoms with Gasteiger partial charge in [-0.3, -0.25) is 0 Å². The molecule has 3 rings (SSSR count). The summed E-state index contributed by atoms with van der Waals surface area (Å²) in [5, 5.41) is 2.91. The number of aromatic nitrogens is 1. The molecule has 0 radical (unpaired) electrons. The predicted molar refractivity (Wildman–Crippen MR) is 77.4 cm³/mol. The third kappa shape index (κ3) is 2.19. The van der Waals surface area contributed by atoms with E-state index in [-0.39, 0.29) is 0 Å². The lowest BCUT2D eigenvalue weighted by atomic mass is 10.2. The third-order valence-electron chi connectivity index (χ3n) is 2.46. The van der Waals surface area contributed by atoms with Crippen molar-refractivity contribution in [2.75, 3.05) is 5.73 Å². The van der Waals surface area contributed by atoms with Gasteiger partial charge in [0.15, 0.2) is 10.4 Å². The summed E-state index contributed by atoms with van der Waals surface area (Å²) in [5.41, 5.74) is 8.37. The molecule has 2 heterocycles. The largest absolute Gasteiger partial charge is 0.448 e. The highest BCUT2D eigenvalue weighted by atomic mass is 79.9. The molecule has 2 N–H and O–H groups in total. The Hall–Kier alpha value is -1.59. The quantitative estimate of drug-likeness (QED) is 0.711. The minimum Gasteiger partial charge on any atom is -0.448 e. The van der Waals surface area contributed by atoms with Crippen molar-refractivity contribution in [2.45, 2.75) is 0 Å². The maximum Gasteiger partial charge on any atom is 0.169 e. The van der Waals surface area contributed by atoms with Crippen LogP contribution in [0, 0.1) is 0 Å². The molecule has 0 fully saturated rings. The van der Waals surface area contributed by atoms with Gasteiger partial charge in [0, 0.05) is 16.6 Å². The molecule has 1 aromatic carbocycles. The average Bonchev–Trinajstić information content (AvgIpc) is 2.97. The molecule has 0 amide bonds. The normalized spacial score (nSPS) is 10.7. The van der Waals surface area contributed by atoms with Gasteiger partial charge >= 0.3 is 0 Å². The second-order valence-electron chi connectivity index (χ2n) is 3.77. The Morgan fingerprint density at radius 2 is 2.11 bits per heavy atom. The van der Waals surface area contributed by atoms with Crippen LogP contribution in [0.3, 0.4) is 0 Å². The second kappa shape index (κ2) is 4.59. The minimum atomic E-state index is 0.705. The molecule has 90 valence electrons. The average molecular weight is 321 g/mol. The fourth-order valence-corrected chi connectivity index (χ4v) is 2.76. The monoisotopic (exact) mass is 320 g/mol. The Morgan fingerprint density at radius 1 is 1.22 bits per heavy atom. The maximum absolute atomic E-state index is 5.77. The molecule has 0 aliphatic heterocycles. The van der Waals surface area contributed by atoms with Crippen LogP contribution >= 0.6 is 27.3 Å². The fraction of sp³-hybridized carbons (Fsp3) is 0. The molecule has 3 aromatic rings. The van der Waals surface area contributed by atoms with Crippen LogP contribution in [0.15, 0.2) is 50.9 Å². The van der Waals surface area contributed by atoms with E-state index in [9.17, 15) is 0 Å². The van der Waals surface area contributed by atoms with E-state index in [4.69, 9.17) is 10.2 Å². The first kappa shape index (κ1) is 11.5. The Kier molecular flexibility index (Phi) is 2.93. The van der Waals surface area contributed by atoms with Gasteiger partial charge in [0.1, 0.15) is 10.7 Å². The summed E-state index contributed by atoms with van der Waals surface area (Å²) >= 11 is 4.86. The van der Waals surface area contributed by atoms with Crippen molar-refractivity contribution in [3.05, 3.63) is 46.4 Å². The second-order valence-corrected chi connectivity index (χ2v) is 5.41. The van der Waals surface area contributed by atoms with Gasteiger partial charge in [0.05, 0.1) is 0 Å². The first-order valence-corrected chi connectivity index (χ1v) is 6.97. The Morgan fingerprint density at radius 3 is 2.83 bits per heavy atom. The van der Waals surface area contributed by atoms with Gasteiger partial charge < -0.3 is 10.2 Å². The third-order valence-corrected chi connectivity index (χ3v) is 3.78. The van der Waals surface area contributed by atoms with Crippen molar-refractivity contribution in [3.63, 3.8) is 0 Å². The Balaban J connectivity index is 1.99. The summed E-state index contributed by atoms with van der Waals surface area (Å²) in [4.78, 5) is 4.55. The number of thiazole rings is 1. The van der Waals surface area contributed by atoms with Crippen LogP contribution in [0.25, 0.3) is 22.0 Å². The molecule has 0 spiro atoms. The summed E-state index contributed by atoms with van der Waals surface area (Å²) < 4.78 is 6.18. The van der Waals surface area contributed by atoms with Crippen LogP contribution < -0.4 is 5.73 Å². The molecule has 0 saturated heterocycles. The van der Waals surface area contributed by atoms with Gasteiger partial charge in [-0.05, 0) is 40.2 Å². The van der Waals surface area contributed by atoms with Crippen molar-refractivity contribution >= 4 is 33.0 Å². The topological polar surface area (TPSA) is 52.0 Å². The van der Waals surface area contributed by atoms with Gasteiger partial charge in [-0.1, -0.05) is 12.1 Å². The highest BCUT2D eigenvalue weighted by Crippen LogP contribution is 2.31. The van der Waals surface area contributed by atoms with Gasteiger partial charge in [0.2, 0.25) is 0 Å². The summed E-state index contributed by atoms with van der Waals surface area (Å²) in [6.45, 7) is 0. The van der Waals surface area contributed by atoms with E-state index in [2.05, 4.69) is 20.9 Å². The number of benzene rings is 1. The molecule has 5 heteroatoms. The van der Waals surface area contributed by atoms with Crippen molar-refractivity contribution < 1.29 is 4.42 Å². The summed E-state index contributed by atoms with van der Waals surface area (Å²) in [6.07, 6.45) is 0. The number of hydrogen-bond donors (Lipinski definition) is 1. The lowest BCUT2D eigenvalue weighted by Gasteiger charge is -1.97. The minimum absolute atomic E-state index is 0.705. The summed E-state index contributed by atoms with van der Waals surface area (Å²) in [6, 6.07) is 11.5. The molecule has 0 aliphatic rings. The predicted octanol–water partition coefficient (Wildman–Crippen LogP) is 4.41. The summed E-state index contributed by atoms with van der Waals surface area (Å²) in [7, 11) is 0. The zero-order valence-corrected chi connectivity index (χ0v) is 11.7. The van der Waals surface area contributed by atoms with E-state index in [1.165, 1.54) is 0 Å². The first-order valence-electron chi connectivity index (χ1n) is 5.29. The molecule has 18 heavy (non-hydrogen) atoms. The lowest BCUT2D eigenvalue weighted by Crippen LogP contribution is -1.84. The van der Waals surface area contributed by atoms with E-state index in [0.717, 1.165) is 27.7 Å². The van der Waals surface area contributed by atoms with E-state index >= 15 is 0 Å². The molecule has 0 unspecified atom stereocenters. The van der Waals surface area contributed by atoms with Gasteiger partial charge in [0.25, 0.3) is 0 Å². The fourth-order valence-electron chi connectivity index (χ4n) is 1.64. The molecule has 0 saturated carbocycles. The van der Waals surface area contributed by atoms with E-state index < -0.39 is 0 Å². The molecule has 2 aromatic heterocycles. The van der Waals surface area contributed by atoms with Crippen molar-refractivity contribution in [1.82, 2.24) is 4.98 Å². The van der Waals surface area contributed by atoms with Crippen molar-refractivity contribution in [1.29, 1.82) is 0 Å². The first-order chi connectivity index (χ1) is 8.72. The molecule has 0 bridgehead atoms. The van der Waals surface area contributed by atoms with Crippen LogP contribution in [-0.2, 0) is 0 Å². The zero-order chi connectivity index (χ0) is 12.5. The molecule has 0 aliphatic carbocycles. The van der Waals surface area contributed by atoms with Crippen LogP contribution in [0.2, 0.25) is 0 Å². The zero-order valence-electron chi connectivity index (χ0n) is 9.26. The Bertz CT molecular complexity index is 690. The van der Waals surface area contributed by atoms with Crippen LogP contribution in [0.4, 0.5) is 5.69 Å². The number of halogens is 1.